The Morgan fingerprint density at radius 2 is 2.55 bits per heavy atom. The predicted octanol–water partition coefficient (Wildman–Crippen LogP) is 2.20. The van der Waals surface area contributed by atoms with Gasteiger partial charge in [0.25, 0.3) is 0 Å². The number of aromatic nitrogens is 2. The molecule has 11 heavy (non-hydrogen) atoms. The van der Waals surface area contributed by atoms with Gasteiger partial charge in [-0.1, -0.05) is 18.5 Å². The first kappa shape index (κ1) is 9.03. The second kappa shape index (κ2) is 3.56. The van der Waals surface area contributed by atoms with E-state index in [9.17, 15) is 5.11 Å². The fourth-order valence-electron chi connectivity index (χ4n) is 0.687. The second-order valence-electron chi connectivity index (χ2n) is 2.14. The molecular formula is C6H8BrClN2O. The average molecular weight is 240 g/mol. The Labute approximate surface area is 78.1 Å². The van der Waals surface area contributed by atoms with Gasteiger partial charge in [0, 0.05) is 6.20 Å². The van der Waals surface area contributed by atoms with Gasteiger partial charge in [0.1, 0.15) is 6.23 Å². The zero-order valence-corrected chi connectivity index (χ0v) is 8.30. The molecule has 1 aromatic rings. The van der Waals surface area contributed by atoms with Crippen molar-refractivity contribution in [2.45, 2.75) is 19.6 Å². The van der Waals surface area contributed by atoms with Crippen LogP contribution in [0.4, 0.5) is 0 Å². The van der Waals surface area contributed by atoms with E-state index >= 15 is 0 Å². The van der Waals surface area contributed by atoms with Gasteiger partial charge in [-0.3, -0.25) is 0 Å². The van der Waals surface area contributed by atoms with Crippen LogP contribution in [0, 0.1) is 0 Å². The van der Waals surface area contributed by atoms with E-state index in [1.807, 2.05) is 6.92 Å². The first-order valence-corrected chi connectivity index (χ1v) is 4.40. The van der Waals surface area contributed by atoms with Crippen molar-refractivity contribution in [3.8, 4) is 0 Å². The Morgan fingerprint density at radius 1 is 1.91 bits per heavy atom. The van der Waals surface area contributed by atoms with Gasteiger partial charge in [-0.15, -0.1) is 0 Å². The lowest BCUT2D eigenvalue weighted by molar-refractivity contribution is 0.0867. The maximum atomic E-state index is 9.29. The molecule has 0 saturated carbocycles. The maximum Gasteiger partial charge on any atom is 0.165 e. The predicted molar refractivity (Wildman–Crippen MR) is 46.5 cm³/mol. The van der Waals surface area contributed by atoms with Crippen LogP contribution in [-0.2, 0) is 0 Å². The largest absolute Gasteiger partial charge is 0.372 e. The first-order chi connectivity index (χ1) is 5.15. The summed E-state index contributed by atoms with van der Waals surface area (Å²) in [5.74, 6) is 0. The van der Waals surface area contributed by atoms with E-state index < -0.39 is 6.23 Å². The Balaban J connectivity index is 2.88. The normalized spacial score (nSPS) is 13.5. The van der Waals surface area contributed by atoms with Crippen molar-refractivity contribution in [3.63, 3.8) is 0 Å². The zero-order valence-electron chi connectivity index (χ0n) is 5.96. The van der Waals surface area contributed by atoms with Crippen LogP contribution in [0.25, 0.3) is 0 Å². The molecule has 0 spiro atoms. The second-order valence-corrected chi connectivity index (χ2v) is 3.35. The SMILES string of the molecule is CCC(O)n1cc(Br)c(Cl)n1. The van der Waals surface area contributed by atoms with E-state index in [0.717, 1.165) is 0 Å². The summed E-state index contributed by atoms with van der Waals surface area (Å²) in [5, 5.41) is 13.5. The molecule has 0 aliphatic heterocycles. The van der Waals surface area contributed by atoms with Crippen LogP contribution in [0.15, 0.2) is 10.7 Å². The van der Waals surface area contributed by atoms with Crippen LogP contribution in [0.1, 0.15) is 19.6 Å². The highest BCUT2D eigenvalue weighted by Crippen LogP contribution is 2.21. The quantitative estimate of drug-likeness (QED) is 0.859. The third-order valence-electron chi connectivity index (χ3n) is 1.32. The Hall–Kier alpha value is -0.0600. The summed E-state index contributed by atoms with van der Waals surface area (Å²) >= 11 is 8.83. The average Bonchev–Trinajstić information content (AvgIpc) is 2.31. The minimum Gasteiger partial charge on any atom is -0.372 e. The highest BCUT2D eigenvalue weighted by molar-refractivity contribution is 9.10. The van der Waals surface area contributed by atoms with Crippen molar-refractivity contribution >= 4 is 27.5 Å². The summed E-state index contributed by atoms with van der Waals surface area (Å²) in [6, 6.07) is 0. The molecule has 0 saturated heterocycles. The summed E-state index contributed by atoms with van der Waals surface area (Å²) in [4.78, 5) is 0. The molecule has 1 N–H and O–H groups in total. The van der Waals surface area contributed by atoms with Crippen LogP contribution < -0.4 is 0 Å². The van der Waals surface area contributed by atoms with Gasteiger partial charge in [0.05, 0.1) is 4.47 Å². The zero-order chi connectivity index (χ0) is 8.43. The standard InChI is InChI=1S/C6H8BrClN2O/c1-2-5(11)10-3-4(7)6(8)9-10/h3,5,11H,2H2,1H3. The van der Waals surface area contributed by atoms with Crippen LogP contribution in [0.5, 0.6) is 0 Å². The molecule has 0 aliphatic carbocycles. The number of halogens is 2. The van der Waals surface area contributed by atoms with E-state index in [0.29, 0.717) is 16.0 Å². The molecule has 0 amide bonds. The molecule has 1 unspecified atom stereocenters. The van der Waals surface area contributed by atoms with Crippen molar-refractivity contribution in [2.24, 2.45) is 0 Å². The third-order valence-corrected chi connectivity index (χ3v) is 2.40. The fraction of sp³-hybridized carbons (Fsp3) is 0.500. The summed E-state index contributed by atoms with van der Waals surface area (Å²) in [6.45, 7) is 1.87. The van der Waals surface area contributed by atoms with Crippen LogP contribution in [-0.4, -0.2) is 14.9 Å². The molecule has 0 aliphatic rings. The summed E-state index contributed by atoms with van der Waals surface area (Å²) in [7, 11) is 0. The van der Waals surface area contributed by atoms with Crippen molar-refractivity contribution in [3.05, 3.63) is 15.8 Å². The summed E-state index contributed by atoms with van der Waals surface area (Å²) < 4.78 is 2.12. The number of rotatable bonds is 2. The molecule has 1 rings (SSSR count). The van der Waals surface area contributed by atoms with E-state index in [-0.39, 0.29) is 0 Å². The van der Waals surface area contributed by atoms with Gasteiger partial charge < -0.3 is 5.11 Å². The van der Waals surface area contributed by atoms with Crippen LogP contribution in [0.3, 0.4) is 0 Å². The Bertz CT molecular complexity index is 231. The maximum absolute atomic E-state index is 9.29. The topological polar surface area (TPSA) is 38.0 Å². The molecule has 1 heterocycles. The van der Waals surface area contributed by atoms with E-state index in [4.69, 9.17) is 11.6 Å². The molecule has 1 atom stereocenters. The molecule has 0 radical (unpaired) electrons. The molecule has 1 aromatic heterocycles. The van der Waals surface area contributed by atoms with Gasteiger partial charge >= 0.3 is 0 Å². The van der Waals surface area contributed by atoms with Gasteiger partial charge in [-0.25, -0.2) is 4.68 Å². The van der Waals surface area contributed by atoms with E-state index in [2.05, 4.69) is 21.0 Å². The summed E-state index contributed by atoms with van der Waals surface area (Å²) in [5.41, 5.74) is 0. The number of nitrogens with zero attached hydrogens (tertiary/aromatic N) is 2. The van der Waals surface area contributed by atoms with Gasteiger partial charge in [-0.05, 0) is 22.4 Å². The monoisotopic (exact) mass is 238 g/mol. The summed E-state index contributed by atoms with van der Waals surface area (Å²) in [6.07, 6.45) is 1.68. The van der Waals surface area contributed by atoms with Crippen molar-refractivity contribution in [1.82, 2.24) is 9.78 Å². The smallest absolute Gasteiger partial charge is 0.165 e. The number of aliphatic hydroxyl groups is 1. The lowest BCUT2D eigenvalue weighted by Gasteiger charge is -2.05. The van der Waals surface area contributed by atoms with Gasteiger partial charge in [-0.2, -0.15) is 5.10 Å². The number of hydrogen-bond acceptors (Lipinski definition) is 2. The van der Waals surface area contributed by atoms with Crippen molar-refractivity contribution < 1.29 is 5.11 Å². The van der Waals surface area contributed by atoms with Crippen molar-refractivity contribution in [2.75, 3.05) is 0 Å². The number of aliphatic hydroxyl groups excluding tert-OH is 1. The van der Waals surface area contributed by atoms with E-state index in [1.54, 1.807) is 6.20 Å². The molecule has 0 bridgehead atoms. The first-order valence-electron chi connectivity index (χ1n) is 3.23. The van der Waals surface area contributed by atoms with Gasteiger partial charge in [0.15, 0.2) is 5.15 Å². The molecule has 3 nitrogen and oxygen atoms in total. The molecule has 0 aromatic carbocycles. The van der Waals surface area contributed by atoms with E-state index in [1.165, 1.54) is 4.68 Å². The minimum absolute atomic E-state index is 0.373. The molecule has 5 heteroatoms. The molecule has 0 fully saturated rings. The van der Waals surface area contributed by atoms with Crippen LogP contribution in [0.2, 0.25) is 5.15 Å². The lowest BCUT2D eigenvalue weighted by atomic mass is 10.4. The third kappa shape index (κ3) is 1.95. The van der Waals surface area contributed by atoms with Gasteiger partial charge in [0.2, 0.25) is 0 Å². The van der Waals surface area contributed by atoms with Crippen molar-refractivity contribution in [1.29, 1.82) is 0 Å². The molecule has 62 valence electrons. The minimum atomic E-state index is -0.584. The Morgan fingerprint density at radius 3 is 2.91 bits per heavy atom. The Kier molecular flexibility index (Phi) is 2.92. The molecular weight excluding hydrogens is 231 g/mol. The fourth-order valence-corrected chi connectivity index (χ4v) is 1.11. The van der Waals surface area contributed by atoms with Crippen LogP contribution >= 0.6 is 27.5 Å². The highest BCUT2D eigenvalue weighted by Gasteiger charge is 2.08. The number of hydrogen-bond donors (Lipinski definition) is 1. The highest BCUT2D eigenvalue weighted by atomic mass is 79.9. The lowest BCUT2D eigenvalue weighted by Crippen LogP contribution is -2.06.